The van der Waals surface area contributed by atoms with Crippen molar-refractivity contribution < 1.29 is 4.79 Å². The van der Waals surface area contributed by atoms with Crippen LogP contribution in [0.1, 0.15) is 17.3 Å². The van der Waals surface area contributed by atoms with E-state index in [2.05, 4.69) is 5.32 Å². The van der Waals surface area contributed by atoms with Gasteiger partial charge in [0.15, 0.2) is 16.9 Å². The number of para-hydroxylation sites is 2. The standard InChI is InChI=1S/C28H21N3O2/c1-19(32)20-12-14-21(15-13-20)25-17-16-24-26(33)18-27(29-22-8-4-2-5-9-22)31(28(24)30-25)23-10-6-3-7-11-23/h2-18,29H,1H3. The Morgan fingerprint density at radius 2 is 1.48 bits per heavy atom. The SMILES string of the molecule is CC(=O)c1ccc(-c2ccc3c(=O)cc(Nc4ccccc4)n(-c4ccccc4)c3n2)cc1. The molecule has 5 nitrogen and oxygen atoms in total. The number of fused-ring (bicyclic) bond motifs is 1. The average Bonchev–Trinajstić information content (AvgIpc) is 2.85. The van der Waals surface area contributed by atoms with Crippen LogP contribution in [0.15, 0.2) is 108 Å². The number of carbonyl (C=O) groups is 1. The maximum absolute atomic E-state index is 13.0. The van der Waals surface area contributed by atoms with Gasteiger partial charge in [-0.15, -0.1) is 0 Å². The highest BCUT2D eigenvalue weighted by Gasteiger charge is 2.14. The van der Waals surface area contributed by atoms with Crippen LogP contribution in [0.25, 0.3) is 28.0 Å². The predicted octanol–water partition coefficient (Wildman–Crippen LogP) is 6.00. The number of anilines is 2. The first-order valence-corrected chi connectivity index (χ1v) is 10.7. The third kappa shape index (κ3) is 4.04. The van der Waals surface area contributed by atoms with Gasteiger partial charge in [-0.1, -0.05) is 60.7 Å². The fourth-order valence-electron chi connectivity index (χ4n) is 3.83. The maximum atomic E-state index is 13.0. The molecule has 0 bridgehead atoms. The topological polar surface area (TPSA) is 64.0 Å². The quantitative estimate of drug-likeness (QED) is 0.347. The summed E-state index contributed by atoms with van der Waals surface area (Å²) in [5.41, 5.74) is 4.44. The molecule has 2 aromatic heterocycles. The fourth-order valence-corrected chi connectivity index (χ4v) is 3.83. The number of hydrogen-bond donors (Lipinski definition) is 1. The van der Waals surface area contributed by atoms with E-state index in [-0.39, 0.29) is 11.2 Å². The van der Waals surface area contributed by atoms with Crippen LogP contribution >= 0.6 is 0 Å². The number of nitrogens with zero attached hydrogens (tertiary/aromatic N) is 2. The van der Waals surface area contributed by atoms with Crippen LogP contribution in [0.2, 0.25) is 0 Å². The minimum absolute atomic E-state index is 0.0163. The molecule has 0 atom stereocenters. The van der Waals surface area contributed by atoms with Crippen molar-refractivity contribution in [3.05, 3.63) is 119 Å². The van der Waals surface area contributed by atoms with Crippen LogP contribution < -0.4 is 10.7 Å². The Bertz CT molecular complexity index is 1510. The van der Waals surface area contributed by atoms with E-state index in [4.69, 9.17) is 4.98 Å². The van der Waals surface area contributed by atoms with Crippen molar-refractivity contribution in [1.29, 1.82) is 0 Å². The molecular weight excluding hydrogens is 410 g/mol. The summed E-state index contributed by atoms with van der Waals surface area (Å²) < 4.78 is 1.96. The molecule has 0 fully saturated rings. The second-order valence-corrected chi connectivity index (χ2v) is 7.76. The van der Waals surface area contributed by atoms with Crippen LogP contribution in [0.4, 0.5) is 11.5 Å². The van der Waals surface area contributed by atoms with E-state index in [1.54, 1.807) is 25.1 Å². The third-order valence-corrected chi connectivity index (χ3v) is 5.51. The number of nitrogens with one attached hydrogen (secondary N) is 1. The Hall–Kier alpha value is -4.51. The van der Waals surface area contributed by atoms with E-state index in [1.807, 2.05) is 89.5 Å². The van der Waals surface area contributed by atoms with Crippen LogP contribution in [0, 0.1) is 0 Å². The van der Waals surface area contributed by atoms with Crippen molar-refractivity contribution in [3.8, 4) is 16.9 Å². The Morgan fingerprint density at radius 1 is 0.818 bits per heavy atom. The minimum Gasteiger partial charge on any atom is -0.341 e. The first-order valence-electron chi connectivity index (χ1n) is 10.7. The largest absolute Gasteiger partial charge is 0.341 e. The summed E-state index contributed by atoms with van der Waals surface area (Å²) in [6.07, 6.45) is 0. The van der Waals surface area contributed by atoms with Crippen molar-refractivity contribution in [3.63, 3.8) is 0 Å². The summed E-state index contributed by atoms with van der Waals surface area (Å²) >= 11 is 0. The smallest absolute Gasteiger partial charge is 0.193 e. The van der Waals surface area contributed by atoms with Crippen molar-refractivity contribution >= 4 is 28.3 Å². The van der Waals surface area contributed by atoms with Crippen LogP contribution in [0.3, 0.4) is 0 Å². The summed E-state index contributed by atoms with van der Waals surface area (Å²) in [6, 6.07) is 32.1. The molecule has 5 rings (SSSR count). The third-order valence-electron chi connectivity index (χ3n) is 5.51. The lowest BCUT2D eigenvalue weighted by Gasteiger charge is -2.18. The van der Waals surface area contributed by atoms with Crippen molar-refractivity contribution in [2.24, 2.45) is 0 Å². The van der Waals surface area contributed by atoms with Gasteiger partial charge >= 0.3 is 0 Å². The van der Waals surface area contributed by atoms with Crippen LogP contribution in [-0.2, 0) is 0 Å². The molecule has 33 heavy (non-hydrogen) atoms. The predicted molar refractivity (Wildman–Crippen MR) is 133 cm³/mol. The lowest BCUT2D eigenvalue weighted by Crippen LogP contribution is -2.13. The summed E-state index contributed by atoms with van der Waals surface area (Å²) in [5.74, 6) is 0.643. The highest BCUT2D eigenvalue weighted by Crippen LogP contribution is 2.27. The van der Waals surface area contributed by atoms with Crippen LogP contribution in [0.5, 0.6) is 0 Å². The van der Waals surface area contributed by atoms with Crippen molar-refractivity contribution in [1.82, 2.24) is 9.55 Å². The molecule has 0 saturated carbocycles. The Labute approximate surface area is 191 Å². The summed E-state index contributed by atoms with van der Waals surface area (Å²) in [5, 5.41) is 3.90. The van der Waals surface area contributed by atoms with Gasteiger partial charge in [0.2, 0.25) is 0 Å². The van der Waals surface area contributed by atoms with E-state index in [1.165, 1.54) is 0 Å². The Balaban J connectivity index is 1.74. The number of pyridine rings is 2. The molecule has 0 radical (unpaired) electrons. The number of Topliss-reactive ketones (excluding diaryl/α,β-unsaturated/α-hetero) is 1. The lowest BCUT2D eigenvalue weighted by atomic mass is 10.1. The average molecular weight is 431 g/mol. The van der Waals surface area contributed by atoms with E-state index in [9.17, 15) is 9.59 Å². The fraction of sp³-hybridized carbons (Fsp3) is 0.0357. The molecule has 3 aromatic carbocycles. The van der Waals surface area contributed by atoms with Crippen molar-refractivity contribution in [2.45, 2.75) is 6.92 Å². The van der Waals surface area contributed by atoms with Gasteiger partial charge < -0.3 is 5.32 Å². The molecular formula is C28H21N3O2. The molecule has 0 aliphatic rings. The minimum atomic E-state index is -0.110. The summed E-state index contributed by atoms with van der Waals surface area (Å²) in [6.45, 7) is 1.54. The molecule has 0 amide bonds. The molecule has 5 heteroatoms. The Morgan fingerprint density at radius 3 is 2.15 bits per heavy atom. The maximum Gasteiger partial charge on any atom is 0.193 e. The van der Waals surface area contributed by atoms with E-state index in [0.29, 0.717) is 22.4 Å². The second-order valence-electron chi connectivity index (χ2n) is 7.76. The Kier molecular flexibility index (Phi) is 5.29. The zero-order valence-electron chi connectivity index (χ0n) is 18.0. The first kappa shape index (κ1) is 20.4. The second kappa shape index (κ2) is 8.55. The van der Waals surface area contributed by atoms with Gasteiger partial charge in [-0.2, -0.15) is 0 Å². The monoisotopic (exact) mass is 431 g/mol. The molecule has 1 N–H and O–H groups in total. The molecule has 0 aliphatic carbocycles. The van der Waals surface area contributed by atoms with Gasteiger partial charge in [0.25, 0.3) is 0 Å². The van der Waals surface area contributed by atoms with Crippen molar-refractivity contribution in [2.75, 3.05) is 5.32 Å². The number of aromatic nitrogens is 2. The summed E-state index contributed by atoms with van der Waals surface area (Å²) in [7, 11) is 0. The number of benzene rings is 3. The highest BCUT2D eigenvalue weighted by molar-refractivity contribution is 5.94. The van der Waals surface area contributed by atoms with Gasteiger partial charge in [-0.3, -0.25) is 14.2 Å². The number of hydrogen-bond acceptors (Lipinski definition) is 4. The number of carbonyl (C=O) groups excluding carboxylic acids is 1. The van der Waals surface area contributed by atoms with Gasteiger partial charge in [0.1, 0.15) is 5.82 Å². The van der Waals surface area contributed by atoms with Gasteiger partial charge in [-0.25, -0.2) is 4.98 Å². The molecule has 2 heterocycles. The lowest BCUT2D eigenvalue weighted by molar-refractivity contribution is 0.101. The first-order chi connectivity index (χ1) is 16.1. The number of ketones is 1. The van der Waals surface area contributed by atoms with Gasteiger partial charge in [0, 0.05) is 28.6 Å². The summed E-state index contributed by atoms with van der Waals surface area (Å²) in [4.78, 5) is 29.5. The van der Waals surface area contributed by atoms with E-state index in [0.717, 1.165) is 22.6 Å². The molecule has 0 saturated heterocycles. The van der Waals surface area contributed by atoms with Gasteiger partial charge in [-0.05, 0) is 43.3 Å². The number of rotatable bonds is 5. The molecule has 0 unspecified atom stereocenters. The molecule has 0 aliphatic heterocycles. The van der Waals surface area contributed by atoms with E-state index < -0.39 is 0 Å². The zero-order chi connectivity index (χ0) is 22.8. The van der Waals surface area contributed by atoms with Crippen LogP contribution in [-0.4, -0.2) is 15.3 Å². The van der Waals surface area contributed by atoms with Gasteiger partial charge in [0.05, 0.1) is 11.1 Å². The molecule has 0 spiro atoms. The van der Waals surface area contributed by atoms with E-state index >= 15 is 0 Å². The normalized spacial score (nSPS) is 10.8. The molecule has 160 valence electrons. The molecule has 5 aromatic rings. The highest BCUT2D eigenvalue weighted by atomic mass is 16.1. The zero-order valence-corrected chi connectivity index (χ0v) is 18.0.